The van der Waals surface area contributed by atoms with Crippen LogP contribution in [0.1, 0.15) is 17.2 Å². The normalized spacial score (nSPS) is 16.7. The Hall–Kier alpha value is -2.35. The Morgan fingerprint density at radius 2 is 1.74 bits per heavy atom. The first-order valence-electron chi connectivity index (χ1n) is 6.58. The lowest BCUT2D eigenvalue weighted by Crippen LogP contribution is -2.18. The van der Waals surface area contributed by atoms with E-state index >= 15 is 0 Å². The molecule has 0 bridgehead atoms. The van der Waals surface area contributed by atoms with Crippen molar-refractivity contribution in [1.82, 2.24) is 9.55 Å². The molecule has 0 amide bonds. The standard InChI is InChI=1S/C17H14N2/c1-2-6-13(7-3-1)16-10-14-8-4-5-9-15(14)17-11-18-12-19(16)17/h1-9,11-12,16H,10H2. The van der Waals surface area contributed by atoms with Crippen molar-refractivity contribution in [3.63, 3.8) is 0 Å². The third-order valence-corrected chi connectivity index (χ3v) is 3.89. The second-order valence-electron chi connectivity index (χ2n) is 4.97. The highest BCUT2D eigenvalue weighted by molar-refractivity contribution is 5.66. The predicted molar refractivity (Wildman–Crippen MR) is 75.9 cm³/mol. The third-order valence-electron chi connectivity index (χ3n) is 3.89. The summed E-state index contributed by atoms with van der Waals surface area (Å²) in [6, 6.07) is 19.6. The molecule has 1 aliphatic rings. The van der Waals surface area contributed by atoms with Gasteiger partial charge >= 0.3 is 0 Å². The van der Waals surface area contributed by atoms with E-state index in [1.54, 1.807) is 0 Å². The quantitative estimate of drug-likeness (QED) is 0.640. The van der Waals surface area contributed by atoms with Crippen LogP contribution in [0.15, 0.2) is 67.1 Å². The largest absolute Gasteiger partial charge is 0.323 e. The molecule has 92 valence electrons. The van der Waals surface area contributed by atoms with Crippen LogP contribution in [0.3, 0.4) is 0 Å². The number of aromatic nitrogens is 2. The van der Waals surface area contributed by atoms with Crippen molar-refractivity contribution in [3.8, 4) is 11.3 Å². The van der Waals surface area contributed by atoms with Gasteiger partial charge in [-0.2, -0.15) is 0 Å². The van der Waals surface area contributed by atoms with E-state index in [4.69, 9.17) is 0 Å². The summed E-state index contributed by atoms with van der Waals surface area (Å²) >= 11 is 0. The van der Waals surface area contributed by atoms with Crippen LogP contribution in [0, 0.1) is 0 Å². The van der Waals surface area contributed by atoms with Crippen molar-refractivity contribution in [2.24, 2.45) is 0 Å². The fourth-order valence-corrected chi connectivity index (χ4v) is 2.97. The highest BCUT2D eigenvalue weighted by atomic mass is 15.1. The molecule has 19 heavy (non-hydrogen) atoms. The fourth-order valence-electron chi connectivity index (χ4n) is 2.97. The van der Waals surface area contributed by atoms with Gasteiger partial charge in [0.1, 0.15) is 0 Å². The molecule has 2 heterocycles. The molecule has 0 saturated heterocycles. The summed E-state index contributed by atoms with van der Waals surface area (Å²) in [5.74, 6) is 0. The summed E-state index contributed by atoms with van der Waals surface area (Å²) in [4.78, 5) is 4.34. The molecule has 2 heteroatoms. The first kappa shape index (κ1) is 10.6. The van der Waals surface area contributed by atoms with E-state index in [-0.39, 0.29) is 0 Å². The van der Waals surface area contributed by atoms with E-state index in [0.717, 1.165) is 6.42 Å². The minimum Gasteiger partial charge on any atom is -0.323 e. The van der Waals surface area contributed by atoms with Gasteiger partial charge < -0.3 is 4.57 Å². The van der Waals surface area contributed by atoms with Crippen molar-refractivity contribution in [1.29, 1.82) is 0 Å². The first-order valence-corrected chi connectivity index (χ1v) is 6.58. The second-order valence-corrected chi connectivity index (χ2v) is 4.97. The van der Waals surface area contributed by atoms with Crippen molar-refractivity contribution < 1.29 is 0 Å². The maximum Gasteiger partial charge on any atom is 0.0956 e. The van der Waals surface area contributed by atoms with E-state index in [1.807, 2.05) is 12.5 Å². The summed E-state index contributed by atoms with van der Waals surface area (Å²) in [5.41, 5.74) is 5.28. The number of fused-ring (bicyclic) bond motifs is 3. The average molecular weight is 246 g/mol. The van der Waals surface area contributed by atoms with Crippen LogP contribution in [0.2, 0.25) is 0 Å². The molecule has 3 aromatic rings. The molecule has 2 aromatic carbocycles. The minimum absolute atomic E-state index is 0.355. The Morgan fingerprint density at radius 3 is 2.63 bits per heavy atom. The molecule has 0 radical (unpaired) electrons. The van der Waals surface area contributed by atoms with Crippen LogP contribution >= 0.6 is 0 Å². The van der Waals surface area contributed by atoms with Crippen molar-refractivity contribution in [3.05, 3.63) is 78.2 Å². The molecule has 1 aromatic heterocycles. The highest BCUT2D eigenvalue weighted by Gasteiger charge is 2.24. The lowest BCUT2D eigenvalue weighted by molar-refractivity contribution is 0.573. The number of hydrogen-bond acceptors (Lipinski definition) is 1. The zero-order valence-electron chi connectivity index (χ0n) is 10.5. The van der Waals surface area contributed by atoms with Crippen LogP contribution in [0.5, 0.6) is 0 Å². The number of hydrogen-bond donors (Lipinski definition) is 0. The first-order chi connectivity index (χ1) is 9.43. The summed E-state index contributed by atoms with van der Waals surface area (Å²) in [6.45, 7) is 0. The Morgan fingerprint density at radius 1 is 0.947 bits per heavy atom. The van der Waals surface area contributed by atoms with Crippen LogP contribution in [0.25, 0.3) is 11.3 Å². The topological polar surface area (TPSA) is 17.8 Å². The number of nitrogens with zero attached hydrogens (tertiary/aromatic N) is 2. The van der Waals surface area contributed by atoms with Gasteiger partial charge in [-0.1, -0.05) is 54.6 Å². The maximum absolute atomic E-state index is 4.34. The van der Waals surface area contributed by atoms with E-state index in [0.29, 0.717) is 6.04 Å². The lowest BCUT2D eigenvalue weighted by atomic mass is 9.90. The summed E-state index contributed by atoms with van der Waals surface area (Å²) in [7, 11) is 0. The summed E-state index contributed by atoms with van der Waals surface area (Å²) in [6.07, 6.45) is 4.94. The highest BCUT2D eigenvalue weighted by Crippen LogP contribution is 2.36. The Kier molecular flexibility index (Phi) is 2.27. The van der Waals surface area contributed by atoms with Crippen LogP contribution in [-0.2, 0) is 6.42 Å². The van der Waals surface area contributed by atoms with Gasteiger partial charge in [0, 0.05) is 5.56 Å². The van der Waals surface area contributed by atoms with E-state index in [9.17, 15) is 0 Å². The van der Waals surface area contributed by atoms with Crippen molar-refractivity contribution in [2.45, 2.75) is 12.5 Å². The number of imidazole rings is 1. The average Bonchev–Trinajstić information content (AvgIpc) is 2.97. The van der Waals surface area contributed by atoms with E-state index in [2.05, 4.69) is 64.1 Å². The lowest BCUT2D eigenvalue weighted by Gasteiger charge is -2.28. The molecule has 4 rings (SSSR count). The third kappa shape index (κ3) is 1.60. The predicted octanol–water partition coefficient (Wildman–Crippen LogP) is 3.70. The van der Waals surface area contributed by atoms with E-state index < -0.39 is 0 Å². The zero-order chi connectivity index (χ0) is 12.7. The smallest absolute Gasteiger partial charge is 0.0956 e. The molecular weight excluding hydrogens is 232 g/mol. The maximum atomic E-state index is 4.34. The van der Waals surface area contributed by atoms with Crippen LogP contribution < -0.4 is 0 Å². The fraction of sp³-hybridized carbons (Fsp3) is 0.118. The van der Waals surface area contributed by atoms with Gasteiger partial charge in [-0.25, -0.2) is 4.98 Å². The van der Waals surface area contributed by atoms with Gasteiger partial charge in [-0.15, -0.1) is 0 Å². The molecular formula is C17H14N2. The van der Waals surface area contributed by atoms with Crippen LogP contribution in [-0.4, -0.2) is 9.55 Å². The molecule has 2 nitrogen and oxygen atoms in total. The van der Waals surface area contributed by atoms with Crippen molar-refractivity contribution >= 4 is 0 Å². The van der Waals surface area contributed by atoms with E-state index in [1.165, 1.54) is 22.4 Å². The van der Waals surface area contributed by atoms with Gasteiger partial charge in [0.25, 0.3) is 0 Å². The second kappa shape index (κ2) is 4.09. The summed E-state index contributed by atoms with van der Waals surface area (Å²) in [5, 5.41) is 0. The monoisotopic (exact) mass is 246 g/mol. The minimum atomic E-state index is 0.355. The molecule has 0 fully saturated rings. The number of benzene rings is 2. The molecule has 0 N–H and O–H groups in total. The van der Waals surface area contributed by atoms with Gasteiger partial charge in [0.2, 0.25) is 0 Å². The molecule has 0 saturated carbocycles. The van der Waals surface area contributed by atoms with Crippen LogP contribution in [0.4, 0.5) is 0 Å². The SMILES string of the molecule is c1ccc(C2Cc3ccccc3-c3cncn32)cc1. The van der Waals surface area contributed by atoms with Gasteiger partial charge in [0.05, 0.1) is 24.3 Å². The van der Waals surface area contributed by atoms with Gasteiger partial charge in [-0.3, -0.25) is 0 Å². The van der Waals surface area contributed by atoms with Gasteiger partial charge in [0.15, 0.2) is 0 Å². The van der Waals surface area contributed by atoms with Crippen molar-refractivity contribution in [2.75, 3.05) is 0 Å². The molecule has 0 spiro atoms. The Bertz CT molecular complexity index is 713. The summed E-state index contributed by atoms with van der Waals surface area (Å²) < 4.78 is 2.29. The molecule has 0 aliphatic carbocycles. The molecule has 1 atom stereocenters. The molecule has 1 aliphatic heterocycles. The Labute approximate surface area is 112 Å². The Balaban J connectivity index is 1.91. The number of rotatable bonds is 1. The van der Waals surface area contributed by atoms with Gasteiger partial charge in [-0.05, 0) is 17.5 Å². The molecule has 1 unspecified atom stereocenters. The zero-order valence-corrected chi connectivity index (χ0v) is 10.5.